The van der Waals surface area contributed by atoms with Gasteiger partial charge in [-0.3, -0.25) is 4.79 Å². The summed E-state index contributed by atoms with van der Waals surface area (Å²) in [7, 11) is 0. The maximum Gasteiger partial charge on any atom is 0.304 e. The third-order valence-electron chi connectivity index (χ3n) is 8.24. The van der Waals surface area contributed by atoms with Gasteiger partial charge in [0.25, 0.3) is 0 Å². The fourth-order valence-corrected chi connectivity index (χ4v) is 4.67. The van der Waals surface area contributed by atoms with E-state index in [-0.39, 0.29) is 13.4 Å². The number of allylic oxidation sites excluding steroid dienone is 4. The zero-order chi connectivity index (χ0) is 41.6. The van der Waals surface area contributed by atoms with Crippen molar-refractivity contribution < 1.29 is 24.9 Å². The summed E-state index contributed by atoms with van der Waals surface area (Å²) in [5.41, 5.74) is -1.04. The highest BCUT2D eigenvalue weighted by Crippen LogP contribution is 2.23. The number of hydrogen-bond donors (Lipinski definition) is 3. The molecule has 306 valence electrons. The molecule has 0 aromatic carbocycles. The molecule has 0 aromatic rings. The number of esters is 1. The van der Waals surface area contributed by atoms with E-state index >= 15 is 0 Å². The van der Waals surface area contributed by atoms with Gasteiger partial charge in [-0.1, -0.05) is 127 Å². The van der Waals surface area contributed by atoms with E-state index in [0.717, 1.165) is 43.4 Å². The van der Waals surface area contributed by atoms with Gasteiger partial charge >= 0.3 is 5.97 Å². The first-order chi connectivity index (χ1) is 23.7. The summed E-state index contributed by atoms with van der Waals surface area (Å²) < 4.78 is 5.06. The molecule has 0 saturated heterocycles. The van der Waals surface area contributed by atoms with Crippen LogP contribution in [-0.4, -0.2) is 43.7 Å². The van der Waals surface area contributed by atoms with Gasteiger partial charge in [0.15, 0.2) is 5.60 Å². The molecule has 0 amide bonds. The SMILES string of the molecule is C.C#CC(C)(C)O.C#CC(C)(CCC=C(C)C)OC(C)=O.C#CC(C)(O)CCC=C(C)C.C#CC(C)(O)CCCC(C)CCCC(C)CCCC(C)C. The van der Waals surface area contributed by atoms with Gasteiger partial charge in [-0.2, -0.15) is 0 Å². The molecule has 3 N–H and O–H groups in total. The van der Waals surface area contributed by atoms with E-state index in [1.807, 2.05) is 27.7 Å². The molecule has 5 unspecified atom stereocenters. The van der Waals surface area contributed by atoms with Crippen molar-refractivity contribution in [1.82, 2.24) is 0 Å². The van der Waals surface area contributed by atoms with Crippen molar-refractivity contribution >= 4 is 5.97 Å². The molecule has 53 heavy (non-hydrogen) atoms. The Labute approximate surface area is 330 Å². The Bertz CT molecular complexity index is 1160. The van der Waals surface area contributed by atoms with Crippen molar-refractivity contribution in [3.8, 4) is 49.4 Å². The minimum Gasteiger partial charge on any atom is -0.446 e. The molecule has 5 heteroatoms. The molecule has 0 heterocycles. The summed E-state index contributed by atoms with van der Waals surface area (Å²) >= 11 is 0. The number of carbonyl (C=O) groups excluding carboxylic acids is 1. The number of carbonyl (C=O) groups is 1. The molecule has 0 radical (unpaired) electrons. The molecule has 0 saturated carbocycles. The molecule has 0 spiro atoms. The van der Waals surface area contributed by atoms with Gasteiger partial charge < -0.3 is 20.1 Å². The zero-order valence-electron chi connectivity index (χ0n) is 36.0. The average Bonchev–Trinajstić information content (AvgIpc) is 3.00. The lowest BCUT2D eigenvalue weighted by Gasteiger charge is -2.22. The lowest BCUT2D eigenvalue weighted by atomic mass is 9.90. The summed E-state index contributed by atoms with van der Waals surface area (Å²) in [5, 5.41) is 27.7. The number of ether oxygens (including phenoxy) is 1. The Kier molecular flexibility index (Phi) is 36.4. The summed E-state index contributed by atoms with van der Waals surface area (Å²) in [5.74, 6) is 11.6. The highest BCUT2D eigenvalue weighted by atomic mass is 16.6. The lowest BCUT2D eigenvalue weighted by Crippen LogP contribution is -2.28. The molecule has 0 aliphatic carbocycles. The predicted octanol–water partition coefficient (Wildman–Crippen LogP) is 11.6. The van der Waals surface area contributed by atoms with Crippen LogP contribution in [0.3, 0.4) is 0 Å². The Balaban J connectivity index is -0.000000208. The molecule has 0 bridgehead atoms. The molecule has 0 fully saturated rings. The third-order valence-corrected chi connectivity index (χ3v) is 8.24. The van der Waals surface area contributed by atoms with Crippen LogP contribution in [0.25, 0.3) is 0 Å². The van der Waals surface area contributed by atoms with Crippen molar-refractivity contribution in [2.45, 2.75) is 210 Å². The summed E-state index contributed by atoms with van der Waals surface area (Å²) in [6.07, 6.45) is 38.8. The molecule has 5 atom stereocenters. The monoisotopic (exact) mass is 741 g/mol. The predicted molar refractivity (Wildman–Crippen MR) is 232 cm³/mol. The fourth-order valence-electron chi connectivity index (χ4n) is 4.67. The first-order valence-electron chi connectivity index (χ1n) is 19.2. The average molecular weight is 741 g/mol. The zero-order valence-corrected chi connectivity index (χ0v) is 36.0. The van der Waals surface area contributed by atoms with Gasteiger partial charge in [0.2, 0.25) is 0 Å². The van der Waals surface area contributed by atoms with Gasteiger partial charge in [0.1, 0.15) is 16.8 Å². The van der Waals surface area contributed by atoms with Crippen molar-refractivity contribution in [1.29, 1.82) is 0 Å². The van der Waals surface area contributed by atoms with E-state index in [9.17, 15) is 15.0 Å². The Hall–Kier alpha value is -2.93. The van der Waals surface area contributed by atoms with Crippen molar-refractivity contribution in [3.63, 3.8) is 0 Å². The van der Waals surface area contributed by atoms with Crippen LogP contribution >= 0.6 is 0 Å². The minimum atomic E-state index is -0.939. The molecule has 5 nitrogen and oxygen atoms in total. The van der Waals surface area contributed by atoms with Crippen LogP contribution in [0.2, 0.25) is 0 Å². The quantitative estimate of drug-likeness (QED) is 0.0697. The standard InChI is InChI=1S/C20H38O.C12H18O2.C10H16O.C5H8O.CH4/c1-7-20(6,21)16-10-15-19(5)14-9-13-18(4)12-8-11-17(2)3;1-6-12(5,14-11(4)13)9-7-8-10(2)3;1-5-10(4,11)8-6-7-9(2)3;1-4-5(2,3)6;/h1,17-19,21H,8-16H2,2-6H3;1,8H,7,9H2,2-5H3;1,7,11H,6,8H2,2-4H3;1,6H,2-3H3;1H4. The third kappa shape index (κ3) is 49.1. The van der Waals surface area contributed by atoms with Crippen molar-refractivity contribution in [3.05, 3.63) is 23.3 Å². The van der Waals surface area contributed by atoms with Crippen molar-refractivity contribution in [2.75, 3.05) is 0 Å². The lowest BCUT2D eigenvalue weighted by molar-refractivity contribution is -0.150. The van der Waals surface area contributed by atoms with Crippen LogP contribution in [0.5, 0.6) is 0 Å². The van der Waals surface area contributed by atoms with Crippen LogP contribution in [0.1, 0.15) is 188 Å². The summed E-state index contributed by atoms with van der Waals surface area (Å²) in [6, 6.07) is 0. The van der Waals surface area contributed by atoms with Gasteiger partial charge in [0, 0.05) is 13.3 Å². The summed E-state index contributed by atoms with van der Waals surface area (Å²) in [6.45, 7) is 27.1. The fraction of sp³-hybridized carbons (Fsp3) is 0.729. The second kappa shape index (κ2) is 32.5. The van der Waals surface area contributed by atoms with Gasteiger partial charge in [-0.25, -0.2) is 0 Å². The van der Waals surface area contributed by atoms with Gasteiger partial charge in [-0.15, -0.1) is 25.7 Å². The van der Waals surface area contributed by atoms with E-state index < -0.39 is 22.4 Å². The van der Waals surface area contributed by atoms with Crippen molar-refractivity contribution in [2.24, 2.45) is 17.8 Å². The van der Waals surface area contributed by atoms with E-state index in [1.54, 1.807) is 34.6 Å². The van der Waals surface area contributed by atoms with Crippen LogP contribution < -0.4 is 0 Å². The second-order valence-corrected chi connectivity index (χ2v) is 16.5. The highest BCUT2D eigenvalue weighted by Gasteiger charge is 2.23. The number of hydrogen-bond acceptors (Lipinski definition) is 5. The Morgan fingerprint density at radius 3 is 1.28 bits per heavy atom. The van der Waals surface area contributed by atoms with Gasteiger partial charge in [-0.05, 0) is 112 Å². The topological polar surface area (TPSA) is 87.0 Å². The molecular weight excluding hydrogens is 657 g/mol. The largest absolute Gasteiger partial charge is 0.446 e. The van der Waals surface area contributed by atoms with Crippen LogP contribution in [0.4, 0.5) is 0 Å². The van der Waals surface area contributed by atoms with Crippen LogP contribution in [-0.2, 0) is 9.53 Å². The second-order valence-electron chi connectivity index (χ2n) is 16.5. The van der Waals surface area contributed by atoms with Crippen LogP contribution in [0.15, 0.2) is 23.3 Å². The minimum absolute atomic E-state index is 0. The smallest absolute Gasteiger partial charge is 0.304 e. The number of aliphatic hydroxyl groups is 3. The molecule has 0 aromatic heterocycles. The molecule has 0 aliphatic heterocycles. The van der Waals surface area contributed by atoms with E-state index in [0.29, 0.717) is 12.8 Å². The van der Waals surface area contributed by atoms with E-state index in [1.165, 1.54) is 63.0 Å². The Morgan fingerprint density at radius 1 is 0.604 bits per heavy atom. The highest BCUT2D eigenvalue weighted by molar-refractivity contribution is 5.67. The summed E-state index contributed by atoms with van der Waals surface area (Å²) in [4.78, 5) is 10.8. The first-order valence-corrected chi connectivity index (χ1v) is 19.2. The maximum absolute atomic E-state index is 10.8. The number of rotatable bonds is 19. The molecule has 0 aliphatic rings. The number of terminal acetylenes is 4. The van der Waals surface area contributed by atoms with Crippen LogP contribution in [0, 0.1) is 67.1 Å². The van der Waals surface area contributed by atoms with E-state index in [4.69, 9.17) is 35.5 Å². The van der Waals surface area contributed by atoms with Gasteiger partial charge in [0.05, 0.1) is 0 Å². The van der Waals surface area contributed by atoms with E-state index in [2.05, 4.69) is 63.5 Å². The Morgan fingerprint density at radius 2 is 0.962 bits per heavy atom. The molecule has 0 rings (SSSR count). The molecular formula is C48H84O5. The first kappa shape index (κ1) is 59.4. The maximum atomic E-state index is 10.8. The normalized spacial score (nSPS) is 14.7.